The van der Waals surface area contributed by atoms with Crippen LogP contribution in [0.4, 0.5) is 0 Å². The van der Waals surface area contributed by atoms with Crippen LogP contribution in [0.5, 0.6) is 0 Å². The van der Waals surface area contributed by atoms with E-state index in [0.717, 1.165) is 16.5 Å². The molecule has 1 aromatic heterocycles. The van der Waals surface area contributed by atoms with Crippen LogP contribution >= 0.6 is 0 Å². The molecule has 166 valence electrons. The third-order valence-electron chi connectivity index (χ3n) is 5.52. The first-order valence-electron chi connectivity index (χ1n) is 10.2. The summed E-state index contributed by atoms with van der Waals surface area (Å²) in [5.41, 5.74) is 7.03. The Bertz CT molecular complexity index is 987. The minimum Gasteiger partial charge on any atom is -0.480 e. The van der Waals surface area contributed by atoms with Gasteiger partial charge in [-0.05, 0) is 31.4 Å². The van der Waals surface area contributed by atoms with Crippen molar-refractivity contribution < 1.29 is 24.3 Å². The molecule has 1 aliphatic heterocycles. The molecular formula is C21H27N5O5. The highest BCUT2D eigenvalue weighted by atomic mass is 16.4. The van der Waals surface area contributed by atoms with Crippen LogP contribution in [0, 0.1) is 0 Å². The van der Waals surface area contributed by atoms with Gasteiger partial charge < -0.3 is 31.4 Å². The molecule has 3 rings (SSSR count). The van der Waals surface area contributed by atoms with Gasteiger partial charge in [-0.25, -0.2) is 4.79 Å². The summed E-state index contributed by atoms with van der Waals surface area (Å²) in [6, 6.07) is 4.68. The number of likely N-dealkylation sites (tertiary alicyclic amines) is 1. The smallest absolute Gasteiger partial charge is 0.326 e. The van der Waals surface area contributed by atoms with Crippen molar-refractivity contribution in [2.24, 2.45) is 5.73 Å². The van der Waals surface area contributed by atoms with Crippen molar-refractivity contribution in [3.63, 3.8) is 0 Å². The number of hydrogen-bond donors (Lipinski definition) is 5. The Morgan fingerprint density at radius 3 is 2.71 bits per heavy atom. The molecule has 2 aromatic rings. The van der Waals surface area contributed by atoms with Crippen LogP contribution < -0.4 is 16.4 Å². The Labute approximate surface area is 179 Å². The third-order valence-corrected chi connectivity index (χ3v) is 5.52. The number of carboxylic acids is 1. The van der Waals surface area contributed by atoms with E-state index in [1.165, 1.54) is 11.8 Å². The molecule has 1 aliphatic rings. The Hall–Kier alpha value is -3.40. The van der Waals surface area contributed by atoms with E-state index in [4.69, 9.17) is 5.73 Å². The van der Waals surface area contributed by atoms with Gasteiger partial charge in [0.25, 0.3) is 0 Å². The number of nitrogens with zero attached hydrogens (tertiary/aromatic N) is 1. The monoisotopic (exact) mass is 429 g/mol. The topological polar surface area (TPSA) is 158 Å². The molecule has 6 N–H and O–H groups in total. The Morgan fingerprint density at radius 2 is 2.00 bits per heavy atom. The van der Waals surface area contributed by atoms with Crippen molar-refractivity contribution in [3.05, 3.63) is 36.0 Å². The molecule has 10 nitrogen and oxygen atoms in total. The van der Waals surface area contributed by atoms with E-state index in [9.17, 15) is 24.3 Å². The van der Waals surface area contributed by atoms with Gasteiger partial charge in [-0.3, -0.25) is 14.4 Å². The van der Waals surface area contributed by atoms with Crippen molar-refractivity contribution in [1.82, 2.24) is 20.5 Å². The van der Waals surface area contributed by atoms with Gasteiger partial charge in [0, 0.05) is 30.1 Å². The summed E-state index contributed by atoms with van der Waals surface area (Å²) in [6.07, 6.45) is 2.98. The number of carboxylic acid groups (broad SMARTS) is 1. The molecule has 3 amide bonds. The van der Waals surface area contributed by atoms with E-state index in [0.29, 0.717) is 19.4 Å². The standard InChI is InChI=1S/C21H27N5O5/c1-12(24-20(29)17-7-4-8-26(17)18(27)10-22)19(28)25-16(21(30)31)9-13-11-23-15-6-3-2-5-14(13)15/h2-3,5-6,11-12,16-17,23H,4,7-10,22H2,1H3,(H,24,29)(H,25,28)(H,30,31). The molecule has 31 heavy (non-hydrogen) atoms. The Kier molecular flexibility index (Phi) is 6.91. The van der Waals surface area contributed by atoms with Gasteiger partial charge in [0.15, 0.2) is 0 Å². The van der Waals surface area contributed by atoms with Crippen LogP contribution in [0.25, 0.3) is 10.9 Å². The molecule has 1 aromatic carbocycles. The average molecular weight is 429 g/mol. The van der Waals surface area contributed by atoms with Crippen molar-refractivity contribution in [2.75, 3.05) is 13.1 Å². The SMILES string of the molecule is CC(NC(=O)C1CCCN1C(=O)CN)C(=O)NC(Cc1c[nH]c2ccccc12)C(=O)O. The molecule has 3 unspecified atom stereocenters. The van der Waals surface area contributed by atoms with Gasteiger partial charge in [0.2, 0.25) is 17.7 Å². The fraction of sp³-hybridized carbons (Fsp3) is 0.429. The number of rotatable bonds is 8. The van der Waals surface area contributed by atoms with E-state index >= 15 is 0 Å². The number of hydrogen-bond acceptors (Lipinski definition) is 5. The number of carbonyl (C=O) groups is 4. The zero-order chi connectivity index (χ0) is 22.5. The number of amides is 3. The number of fused-ring (bicyclic) bond motifs is 1. The van der Waals surface area contributed by atoms with Crippen molar-refractivity contribution >= 4 is 34.6 Å². The lowest BCUT2D eigenvalue weighted by Crippen LogP contribution is -2.55. The van der Waals surface area contributed by atoms with Crippen LogP contribution in [-0.2, 0) is 25.6 Å². The fourth-order valence-corrected chi connectivity index (χ4v) is 3.85. The number of H-pyrrole nitrogens is 1. The lowest BCUT2D eigenvalue weighted by Gasteiger charge is -2.25. The van der Waals surface area contributed by atoms with E-state index in [2.05, 4.69) is 15.6 Å². The molecular weight excluding hydrogens is 402 g/mol. The predicted molar refractivity (Wildman–Crippen MR) is 113 cm³/mol. The Balaban J connectivity index is 1.62. The minimum atomic E-state index is -1.17. The van der Waals surface area contributed by atoms with Gasteiger partial charge >= 0.3 is 5.97 Å². The second-order valence-corrected chi connectivity index (χ2v) is 7.64. The summed E-state index contributed by atoms with van der Waals surface area (Å²) in [7, 11) is 0. The second-order valence-electron chi connectivity index (χ2n) is 7.64. The molecule has 0 aliphatic carbocycles. The van der Waals surface area contributed by atoms with E-state index in [1.54, 1.807) is 6.20 Å². The molecule has 3 atom stereocenters. The van der Waals surface area contributed by atoms with Gasteiger partial charge in [0.1, 0.15) is 18.1 Å². The van der Waals surface area contributed by atoms with Crippen LogP contribution in [0.3, 0.4) is 0 Å². The second kappa shape index (κ2) is 9.61. The van der Waals surface area contributed by atoms with E-state index in [1.807, 2.05) is 24.3 Å². The van der Waals surface area contributed by atoms with Crippen LogP contribution in [0.15, 0.2) is 30.5 Å². The van der Waals surface area contributed by atoms with E-state index in [-0.39, 0.29) is 18.9 Å². The lowest BCUT2D eigenvalue weighted by atomic mass is 10.0. The van der Waals surface area contributed by atoms with Crippen molar-refractivity contribution in [1.29, 1.82) is 0 Å². The zero-order valence-electron chi connectivity index (χ0n) is 17.3. The van der Waals surface area contributed by atoms with Gasteiger partial charge in [-0.15, -0.1) is 0 Å². The van der Waals surface area contributed by atoms with Crippen LogP contribution in [-0.4, -0.2) is 69.9 Å². The highest BCUT2D eigenvalue weighted by molar-refractivity contribution is 5.94. The average Bonchev–Trinajstić information content (AvgIpc) is 3.40. The molecule has 1 saturated heterocycles. The predicted octanol–water partition coefficient (Wildman–Crippen LogP) is -0.266. The number of carbonyl (C=O) groups excluding carboxylic acids is 3. The number of nitrogens with one attached hydrogen (secondary N) is 3. The summed E-state index contributed by atoms with van der Waals surface area (Å²) in [6.45, 7) is 1.73. The molecule has 1 fully saturated rings. The maximum atomic E-state index is 12.6. The molecule has 0 bridgehead atoms. The fourth-order valence-electron chi connectivity index (χ4n) is 3.85. The van der Waals surface area contributed by atoms with Gasteiger partial charge in [0.05, 0.1) is 6.54 Å². The number of aromatic nitrogens is 1. The zero-order valence-corrected chi connectivity index (χ0v) is 17.3. The molecule has 10 heteroatoms. The van der Waals surface area contributed by atoms with Gasteiger partial charge in [-0.1, -0.05) is 18.2 Å². The van der Waals surface area contributed by atoms with Gasteiger partial charge in [-0.2, -0.15) is 0 Å². The molecule has 0 spiro atoms. The number of para-hydroxylation sites is 1. The minimum absolute atomic E-state index is 0.0904. The van der Waals surface area contributed by atoms with Crippen molar-refractivity contribution in [3.8, 4) is 0 Å². The van der Waals surface area contributed by atoms with Crippen LogP contribution in [0.2, 0.25) is 0 Å². The summed E-state index contributed by atoms with van der Waals surface area (Å²) < 4.78 is 0. The number of aliphatic carboxylic acids is 1. The summed E-state index contributed by atoms with van der Waals surface area (Å²) in [4.78, 5) is 53.3. The Morgan fingerprint density at radius 1 is 1.26 bits per heavy atom. The normalized spacial score (nSPS) is 17.9. The highest BCUT2D eigenvalue weighted by Crippen LogP contribution is 2.19. The molecule has 0 radical (unpaired) electrons. The number of benzene rings is 1. The van der Waals surface area contributed by atoms with Crippen LogP contribution in [0.1, 0.15) is 25.3 Å². The summed E-state index contributed by atoms with van der Waals surface area (Å²) >= 11 is 0. The maximum Gasteiger partial charge on any atom is 0.326 e. The first kappa shape index (κ1) is 22.3. The molecule has 2 heterocycles. The molecule has 0 saturated carbocycles. The lowest BCUT2D eigenvalue weighted by molar-refractivity contribution is -0.142. The summed E-state index contributed by atoms with van der Waals surface area (Å²) in [5, 5.41) is 15.5. The number of nitrogens with two attached hydrogens (primary N) is 1. The van der Waals surface area contributed by atoms with E-state index < -0.39 is 35.9 Å². The third kappa shape index (κ3) is 5.02. The first-order chi connectivity index (χ1) is 14.8. The van der Waals surface area contributed by atoms with Crippen molar-refractivity contribution in [2.45, 2.75) is 44.3 Å². The maximum absolute atomic E-state index is 12.6. The first-order valence-corrected chi connectivity index (χ1v) is 10.2. The largest absolute Gasteiger partial charge is 0.480 e. The summed E-state index contributed by atoms with van der Waals surface area (Å²) in [5.74, 6) is -2.56. The highest BCUT2D eigenvalue weighted by Gasteiger charge is 2.35. The number of aromatic amines is 1. The quantitative estimate of drug-likeness (QED) is 0.389.